The molecule has 0 fully saturated rings. The zero-order chi connectivity index (χ0) is 9.97. The molecule has 0 aliphatic rings. The first kappa shape index (κ1) is 8.81. The van der Waals surface area contributed by atoms with Crippen molar-refractivity contribution < 1.29 is 4.39 Å². The van der Waals surface area contributed by atoms with Crippen LogP contribution >= 0.6 is 0 Å². The van der Waals surface area contributed by atoms with E-state index in [1.165, 1.54) is 12.4 Å². The number of halogens is 1. The molecule has 0 aliphatic carbocycles. The van der Waals surface area contributed by atoms with Gasteiger partial charge in [0.2, 0.25) is 0 Å². The minimum Gasteiger partial charge on any atom is -0.244 e. The number of hydrogen-bond acceptors (Lipinski definition) is 2. The van der Waals surface area contributed by atoms with Crippen LogP contribution in [0.3, 0.4) is 0 Å². The SMILES string of the molecule is Cc1cc(-c2cncnc2)ccc1F. The average molecular weight is 188 g/mol. The lowest BCUT2D eigenvalue weighted by Gasteiger charge is -2.02. The number of aryl methyl sites for hydroxylation is 1. The van der Waals surface area contributed by atoms with Crippen LogP contribution in [0.15, 0.2) is 36.9 Å². The van der Waals surface area contributed by atoms with Gasteiger partial charge in [0.05, 0.1) is 0 Å². The summed E-state index contributed by atoms with van der Waals surface area (Å²) in [4.78, 5) is 7.82. The first-order valence-electron chi connectivity index (χ1n) is 4.29. The molecular weight excluding hydrogens is 179 g/mol. The summed E-state index contributed by atoms with van der Waals surface area (Å²) in [6, 6.07) is 4.96. The molecule has 14 heavy (non-hydrogen) atoms. The Kier molecular flexibility index (Phi) is 2.23. The summed E-state index contributed by atoms with van der Waals surface area (Å²) in [5.74, 6) is -0.189. The molecule has 2 nitrogen and oxygen atoms in total. The third-order valence-electron chi connectivity index (χ3n) is 2.05. The number of nitrogens with zero attached hydrogens (tertiary/aromatic N) is 2. The van der Waals surface area contributed by atoms with Crippen LogP contribution in [-0.2, 0) is 0 Å². The van der Waals surface area contributed by atoms with Gasteiger partial charge in [-0.05, 0) is 30.2 Å². The molecule has 0 spiro atoms. The molecule has 3 heteroatoms. The van der Waals surface area contributed by atoms with Crippen molar-refractivity contribution >= 4 is 0 Å². The molecule has 0 aliphatic heterocycles. The van der Waals surface area contributed by atoms with Crippen molar-refractivity contribution in [1.82, 2.24) is 9.97 Å². The van der Waals surface area contributed by atoms with Crippen LogP contribution in [0.5, 0.6) is 0 Å². The maximum absolute atomic E-state index is 13.0. The molecule has 0 bridgehead atoms. The molecule has 0 unspecified atom stereocenters. The van der Waals surface area contributed by atoms with E-state index in [1.54, 1.807) is 31.5 Å². The van der Waals surface area contributed by atoms with Gasteiger partial charge in [0, 0.05) is 18.0 Å². The zero-order valence-electron chi connectivity index (χ0n) is 7.74. The normalized spacial score (nSPS) is 10.1. The molecule has 2 aromatic rings. The maximum Gasteiger partial charge on any atom is 0.126 e. The Morgan fingerprint density at radius 2 is 1.79 bits per heavy atom. The fraction of sp³-hybridized carbons (Fsp3) is 0.0909. The summed E-state index contributed by atoms with van der Waals surface area (Å²) in [6.45, 7) is 1.74. The van der Waals surface area contributed by atoms with Gasteiger partial charge in [-0.2, -0.15) is 0 Å². The van der Waals surface area contributed by atoms with E-state index in [-0.39, 0.29) is 5.82 Å². The fourth-order valence-corrected chi connectivity index (χ4v) is 1.27. The van der Waals surface area contributed by atoms with Crippen molar-refractivity contribution in [1.29, 1.82) is 0 Å². The van der Waals surface area contributed by atoms with Crippen LogP contribution in [-0.4, -0.2) is 9.97 Å². The second-order valence-corrected chi connectivity index (χ2v) is 3.09. The van der Waals surface area contributed by atoms with E-state index >= 15 is 0 Å². The van der Waals surface area contributed by atoms with Crippen LogP contribution < -0.4 is 0 Å². The Morgan fingerprint density at radius 1 is 1.07 bits per heavy atom. The molecule has 0 N–H and O–H groups in total. The van der Waals surface area contributed by atoms with E-state index < -0.39 is 0 Å². The van der Waals surface area contributed by atoms with Crippen LogP contribution in [0.25, 0.3) is 11.1 Å². The van der Waals surface area contributed by atoms with Gasteiger partial charge in [0.1, 0.15) is 12.1 Å². The second kappa shape index (κ2) is 3.54. The average Bonchev–Trinajstić information content (AvgIpc) is 2.23. The zero-order valence-corrected chi connectivity index (χ0v) is 7.74. The van der Waals surface area contributed by atoms with Crippen molar-refractivity contribution in [3.63, 3.8) is 0 Å². The fourth-order valence-electron chi connectivity index (χ4n) is 1.27. The highest BCUT2D eigenvalue weighted by Crippen LogP contribution is 2.19. The van der Waals surface area contributed by atoms with Gasteiger partial charge in [0.15, 0.2) is 0 Å². The quantitative estimate of drug-likeness (QED) is 0.687. The van der Waals surface area contributed by atoms with Gasteiger partial charge < -0.3 is 0 Å². The number of benzene rings is 1. The van der Waals surface area contributed by atoms with E-state index in [0.29, 0.717) is 5.56 Å². The number of aromatic nitrogens is 2. The molecular formula is C11H9FN2. The minimum atomic E-state index is -0.189. The van der Waals surface area contributed by atoms with Crippen molar-refractivity contribution in [2.45, 2.75) is 6.92 Å². The van der Waals surface area contributed by atoms with Gasteiger partial charge in [-0.3, -0.25) is 0 Å². The van der Waals surface area contributed by atoms with Gasteiger partial charge in [-0.1, -0.05) is 6.07 Å². The summed E-state index contributed by atoms with van der Waals surface area (Å²) < 4.78 is 13.0. The highest BCUT2D eigenvalue weighted by molar-refractivity contribution is 5.62. The predicted octanol–water partition coefficient (Wildman–Crippen LogP) is 2.59. The summed E-state index contributed by atoms with van der Waals surface area (Å²) in [5.41, 5.74) is 2.46. The summed E-state index contributed by atoms with van der Waals surface area (Å²) >= 11 is 0. The molecule has 2 rings (SSSR count). The predicted molar refractivity (Wildman–Crippen MR) is 52.2 cm³/mol. The minimum absolute atomic E-state index is 0.189. The standard InChI is InChI=1S/C11H9FN2/c1-8-4-9(2-3-11(8)12)10-5-13-7-14-6-10/h2-7H,1H3. The van der Waals surface area contributed by atoms with Gasteiger partial charge >= 0.3 is 0 Å². The molecule has 1 aromatic heterocycles. The van der Waals surface area contributed by atoms with Crippen molar-refractivity contribution in [2.75, 3.05) is 0 Å². The first-order chi connectivity index (χ1) is 6.77. The second-order valence-electron chi connectivity index (χ2n) is 3.09. The number of hydrogen-bond donors (Lipinski definition) is 0. The molecule has 0 amide bonds. The molecule has 1 heterocycles. The van der Waals surface area contributed by atoms with E-state index in [0.717, 1.165) is 11.1 Å². The summed E-state index contributed by atoms with van der Waals surface area (Å²) in [6.07, 6.45) is 4.89. The first-order valence-corrected chi connectivity index (χ1v) is 4.29. The Labute approximate surface area is 81.5 Å². The van der Waals surface area contributed by atoms with Crippen molar-refractivity contribution in [3.05, 3.63) is 48.3 Å². The van der Waals surface area contributed by atoms with E-state index in [2.05, 4.69) is 9.97 Å². The third-order valence-corrected chi connectivity index (χ3v) is 2.05. The lowest BCUT2D eigenvalue weighted by atomic mass is 10.1. The van der Waals surface area contributed by atoms with Crippen molar-refractivity contribution in [3.8, 4) is 11.1 Å². The smallest absolute Gasteiger partial charge is 0.126 e. The highest BCUT2D eigenvalue weighted by Gasteiger charge is 2.01. The van der Waals surface area contributed by atoms with Crippen LogP contribution in [0.2, 0.25) is 0 Å². The Hall–Kier alpha value is -1.77. The lowest BCUT2D eigenvalue weighted by Crippen LogP contribution is -1.85. The third kappa shape index (κ3) is 1.62. The van der Waals surface area contributed by atoms with E-state index in [1.807, 2.05) is 0 Å². The molecule has 0 saturated heterocycles. The number of rotatable bonds is 1. The summed E-state index contributed by atoms with van der Waals surface area (Å²) in [7, 11) is 0. The molecule has 1 aromatic carbocycles. The van der Waals surface area contributed by atoms with Crippen LogP contribution in [0.1, 0.15) is 5.56 Å². The monoisotopic (exact) mass is 188 g/mol. The largest absolute Gasteiger partial charge is 0.244 e. The molecule has 0 radical (unpaired) electrons. The lowest BCUT2D eigenvalue weighted by molar-refractivity contribution is 0.619. The van der Waals surface area contributed by atoms with Crippen molar-refractivity contribution in [2.24, 2.45) is 0 Å². The summed E-state index contributed by atoms with van der Waals surface area (Å²) in [5, 5.41) is 0. The Balaban J connectivity index is 2.48. The van der Waals surface area contributed by atoms with Gasteiger partial charge in [0.25, 0.3) is 0 Å². The highest BCUT2D eigenvalue weighted by atomic mass is 19.1. The van der Waals surface area contributed by atoms with Gasteiger partial charge in [-0.15, -0.1) is 0 Å². The molecule has 70 valence electrons. The Bertz CT molecular complexity index is 440. The topological polar surface area (TPSA) is 25.8 Å². The Morgan fingerprint density at radius 3 is 2.43 bits per heavy atom. The molecule has 0 saturated carbocycles. The van der Waals surface area contributed by atoms with Crippen LogP contribution in [0, 0.1) is 12.7 Å². The van der Waals surface area contributed by atoms with E-state index in [9.17, 15) is 4.39 Å². The maximum atomic E-state index is 13.0. The molecule has 0 atom stereocenters. The van der Waals surface area contributed by atoms with E-state index in [4.69, 9.17) is 0 Å². The van der Waals surface area contributed by atoms with Crippen LogP contribution in [0.4, 0.5) is 4.39 Å². The van der Waals surface area contributed by atoms with Gasteiger partial charge in [-0.25, -0.2) is 14.4 Å².